The molecule has 2 aromatic carbocycles. The summed E-state index contributed by atoms with van der Waals surface area (Å²) >= 11 is 0. The molecule has 4 rings (SSSR count). The molecule has 0 saturated carbocycles. The first-order chi connectivity index (χ1) is 12.8. The standard InChI is InChI=1S/C23H23NO2/c1-17-11-14-22(23(24-17)25-16-18-7-3-2-4-8-18)26-21-13-12-19-9-5-6-10-20(19)15-21/h2-11,14,21H,12-13,15-16H2,1H3. The minimum Gasteiger partial charge on any atom is -0.484 e. The molecule has 0 N–H and O–H groups in total. The first kappa shape index (κ1) is 16.6. The smallest absolute Gasteiger partial charge is 0.257 e. The monoisotopic (exact) mass is 345 g/mol. The van der Waals surface area contributed by atoms with Crippen LogP contribution in [-0.2, 0) is 19.4 Å². The predicted molar refractivity (Wildman–Crippen MR) is 103 cm³/mol. The summed E-state index contributed by atoms with van der Waals surface area (Å²) in [4.78, 5) is 4.55. The fourth-order valence-electron chi connectivity index (χ4n) is 3.38. The number of hydrogen-bond acceptors (Lipinski definition) is 3. The number of nitrogens with zero attached hydrogens (tertiary/aromatic N) is 1. The summed E-state index contributed by atoms with van der Waals surface area (Å²) in [5.74, 6) is 1.31. The molecule has 26 heavy (non-hydrogen) atoms. The van der Waals surface area contributed by atoms with Crippen LogP contribution in [0.25, 0.3) is 0 Å². The molecule has 0 saturated heterocycles. The molecule has 132 valence electrons. The molecule has 0 spiro atoms. The van der Waals surface area contributed by atoms with Gasteiger partial charge < -0.3 is 9.47 Å². The van der Waals surface area contributed by atoms with Crippen LogP contribution in [0.2, 0.25) is 0 Å². The zero-order valence-electron chi connectivity index (χ0n) is 15.0. The Morgan fingerprint density at radius 3 is 2.54 bits per heavy atom. The van der Waals surface area contributed by atoms with Crippen LogP contribution in [-0.4, -0.2) is 11.1 Å². The van der Waals surface area contributed by atoms with E-state index in [9.17, 15) is 0 Å². The van der Waals surface area contributed by atoms with E-state index < -0.39 is 0 Å². The van der Waals surface area contributed by atoms with Crippen molar-refractivity contribution in [3.8, 4) is 11.6 Å². The van der Waals surface area contributed by atoms with Crippen molar-refractivity contribution >= 4 is 0 Å². The third-order valence-electron chi connectivity index (χ3n) is 4.78. The Labute approximate surface area is 154 Å². The quantitative estimate of drug-likeness (QED) is 0.659. The van der Waals surface area contributed by atoms with Crippen LogP contribution in [0.4, 0.5) is 0 Å². The molecule has 0 aliphatic heterocycles. The highest BCUT2D eigenvalue weighted by molar-refractivity contribution is 5.36. The number of aryl methyl sites for hydroxylation is 2. The van der Waals surface area contributed by atoms with E-state index in [1.54, 1.807) is 0 Å². The highest BCUT2D eigenvalue weighted by atomic mass is 16.5. The third-order valence-corrected chi connectivity index (χ3v) is 4.78. The zero-order chi connectivity index (χ0) is 17.8. The lowest BCUT2D eigenvalue weighted by molar-refractivity contribution is 0.169. The number of aromatic nitrogens is 1. The van der Waals surface area contributed by atoms with Crippen LogP contribution >= 0.6 is 0 Å². The Morgan fingerprint density at radius 1 is 0.923 bits per heavy atom. The second-order valence-electron chi connectivity index (χ2n) is 6.78. The van der Waals surface area contributed by atoms with Crippen molar-refractivity contribution in [1.29, 1.82) is 0 Å². The van der Waals surface area contributed by atoms with Gasteiger partial charge in [-0.3, -0.25) is 0 Å². The van der Waals surface area contributed by atoms with Crippen LogP contribution in [0.1, 0.15) is 28.8 Å². The second-order valence-corrected chi connectivity index (χ2v) is 6.78. The van der Waals surface area contributed by atoms with Gasteiger partial charge in [0.2, 0.25) is 0 Å². The Balaban J connectivity index is 1.48. The molecule has 1 aliphatic rings. The maximum absolute atomic E-state index is 6.30. The summed E-state index contributed by atoms with van der Waals surface area (Å²) in [7, 11) is 0. The van der Waals surface area contributed by atoms with E-state index in [1.165, 1.54) is 11.1 Å². The molecule has 0 radical (unpaired) electrons. The molecular formula is C23H23NO2. The number of fused-ring (bicyclic) bond motifs is 1. The first-order valence-electron chi connectivity index (χ1n) is 9.16. The fraction of sp³-hybridized carbons (Fsp3) is 0.261. The maximum Gasteiger partial charge on any atom is 0.257 e. The lowest BCUT2D eigenvalue weighted by atomic mass is 9.90. The topological polar surface area (TPSA) is 31.4 Å². The third kappa shape index (κ3) is 3.88. The SMILES string of the molecule is Cc1ccc(OC2CCc3ccccc3C2)c(OCc2ccccc2)n1. The van der Waals surface area contributed by atoms with Crippen LogP contribution in [0.5, 0.6) is 11.6 Å². The highest BCUT2D eigenvalue weighted by Gasteiger charge is 2.21. The molecular weight excluding hydrogens is 322 g/mol. The number of rotatable bonds is 5. The summed E-state index contributed by atoms with van der Waals surface area (Å²) in [6.07, 6.45) is 3.17. The van der Waals surface area contributed by atoms with Gasteiger partial charge in [0.25, 0.3) is 5.88 Å². The van der Waals surface area contributed by atoms with Gasteiger partial charge in [-0.25, -0.2) is 4.98 Å². The zero-order valence-corrected chi connectivity index (χ0v) is 15.0. The van der Waals surface area contributed by atoms with Crippen molar-refractivity contribution in [3.63, 3.8) is 0 Å². The minimum atomic E-state index is 0.161. The van der Waals surface area contributed by atoms with Gasteiger partial charge in [-0.1, -0.05) is 54.6 Å². The van der Waals surface area contributed by atoms with Crippen molar-refractivity contribution in [2.75, 3.05) is 0 Å². The largest absolute Gasteiger partial charge is 0.484 e. The van der Waals surface area contributed by atoms with E-state index in [4.69, 9.17) is 9.47 Å². The van der Waals surface area contributed by atoms with Crippen molar-refractivity contribution < 1.29 is 9.47 Å². The van der Waals surface area contributed by atoms with E-state index in [0.29, 0.717) is 12.5 Å². The average Bonchev–Trinajstić information content (AvgIpc) is 2.69. The Hall–Kier alpha value is -2.81. The van der Waals surface area contributed by atoms with E-state index in [1.807, 2.05) is 49.4 Å². The van der Waals surface area contributed by atoms with Gasteiger partial charge in [0.15, 0.2) is 5.75 Å². The van der Waals surface area contributed by atoms with Crippen molar-refractivity contribution in [3.05, 3.63) is 89.1 Å². The highest BCUT2D eigenvalue weighted by Crippen LogP contribution is 2.30. The Bertz CT molecular complexity index is 876. The van der Waals surface area contributed by atoms with Gasteiger partial charge in [0.05, 0.1) is 0 Å². The lowest BCUT2D eigenvalue weighted by Crippen LogP contribution is -2.25. The average molecular weight is 345 g/mol. The van der Waals surface area contributed by atoms with Gasteiger partial charge in [0.1, 0.15) is 12.7 Å². The van der Waals surface area contributed by atoms with Gasteiger partial charge in [0, 0.05) is 12.1 Å². The number of benzene rings is 2. The Kier molecular flexibility index (Phi) is 4.87. The van der Waals surface area contributed by atoms with Crippen LogP contribution in [0.3, 0.4) is 0 Å². The number of pyridine rings is 1. The molecule has 1 atom stereocenters. The summed E-state index contributed by atoms with van der Waals surface area (Å²) in [6.45, 7) is 2.46. The molecule has 3 nitrogen and oxygen atoms in total. The van der Waals surface area contributed by atoms with Crippen LogP contribution < -0.4 is 9.47 Å². The van der Waals surface area contributed by atoms with Crippen LogP contribution in [0.15, 0.2) is 66.7 Å². The molecule has 1 aliphatic carbocycles. The normalized spacial score (nSPS) is 16.0. The molecule has 0 fully saturated rings. The molecule has 0 amide bonds. The van der Waals surface area contributed by atoms with Crippen molar-refractivity contribution in [2.24, 2.45) is 0 Å². The molecule has 1 heterocycles. The predicted octanol–water partition coefficient (Wildman–Crippen LogP) is 4.91. The van der Waals surface area contributed by atoms with E-state index in [0.717, 1.165) is 36.3 Å². The molecule has 3 heteroatoms. The van der Waals surface area contributed by atoms with Gasteiger partial charge in [-0.15, -0.1) is 0 Å². The maximum atomic E-state index is 6.30. The van der Waals surface area contributed by atoms with Gasteiger partial charge >= 0.3 is 0 Å². The fourth-order valence-corrected chi connectivity index (χ4v) is 3.38. The Morgan fingerprint density at radius 2 is 1.69 bits per heavy atom. The van der Waals surface area contributed by atoms with Gasteiger partial charge in [-0.05, 0) is 48.6 Å². The first-order valence-corrected chi connectivity index (χ1v) is 9.16. The molecule has 1 unspecified atom stereocenters. The van der Waals surface area contributed by atoms with Crippen molar-refractivity contribution in [2.45, 2.75) is 38.9 Å². The minimum absolute atomic E-state index is 0.161. The molecule has 1 aromatic heterocycles. The number of ether oxygens (including phenoxy) is 2. The molecule has 3 aromatic rings. The summed E-state index contributed by atoms with van der Waals surface area (Å²) in [5, 5.41) is 0. The second kappa shape index (κ2) is 7.61. The van der Waals surface area contributed by atoms with Crippen molar-refractivity contribution in [1.82, 2.24) is 4.98 Å². The van der Waals surface area contributed by atoms with E-state index in [2.05, 4.69) is 29.2 Å². The van der Waals surface area contributed by atoms with Gasteiger partial charge in [-0.2, -0.15) is 0 Å². The lowest BCUT2D eigenvalue weighted by Gasteiger charge is -2.26. The molecule has 0 bridgehead atoms. The summed E-state index contributed by atoms with van der Waals surface area (Å²) < 4.78 is 12.3. The number of hydrogen-bond donors (Lipinski definition) is 0. The van der Waals surface area contributed by atoms with E-state index >= 15 is 0 Å². The van der Waals surface area contributed by atoms with E-state index in [-0.39, 0.29) is 6.10 Å². The summed E-state index contributed by atoms with van der Waals surface area (Å²) in [6, 6.07) is 22.7. The van der Waals surface area contributed by atoms with Crippen LogP contribution in [0, 0.1) is 6.92 Å². The summed E-state index contributed by atoms with van der Waals surface area (Å²) in [5.41, 5.74) is 4.87.